The van der Waals surface area contributed by atoms with Gasteiger partial charge in [0.05, 0.1) is 6.10 Å². The molecule has 29 heavy (non-hydrogen) atoms. The van der Waals surface area contributed by atoms with Gasteiger partial charge in [-0.05, 0) is 104 Å². The number of hydrogen-bond acceptors (Lipinski definition) is 2. The van der Waals surface area contributed by atoms with Gasteiger partial charge in [0.1, 0.15) is 0 Å². The number of nitrogens with two attached hydrogens (primary N) is 1. The maximum absolute atomic E-state index is 10.3. The maximum atomic E-state index is 10.3. The van der Waals surface area contributed by atoms with Gasteiger partial charge < -0.3 is 10.8 Å². The summed E-state index contributed by atoms with van der Waals surface area (Å²) in [5, 5.41) is 10.3. The standard InChI is InChI=1S/C27H49NO/c1-18(2)7-6-8-19(3)22-9-10-23-21-12-16-27(28)17-20(29)11-15-26(27,5)24(21)13-14-25(22,23)4/h18-24,29H,6-17,28H2,1-5H3/t19-,20?,21+,22-,23+,24+,25-,26-,27?/m1/s1. The fraction of sp³-hybridized carbons (Fsp3) is 1.00. The SMILES string of the molecule is CC(C)CCC[C@@H](C)[C@H]1CC[C@H]2[C@@H]3CCC4(N)CC(O)CC[C@]4(C)[C@H]3CC[C@]12C. The molecule has 0 spiro atoms. The third-order valence-corrected chi connectivity index (χ3v) is 11.1. The van der Waals surface area contributed by atoms with E-state index < -0.39 is 0 Å². The number of aliphatic hydroxyl groups excluding tert-OH is 1. The first-order valence-corrected chi connectivity index (χ1v) is 13.1. The molecule has 168 valence electrons. The Bertz CT molecular complexity index is 589. The number of hydrogen-bond donors (Lipinski definition) is 2. The van der Waals surface area contributed by atoms with Crippen molar-refractivity contribution in [2.45, 2.75) is 123 Å². The molecule has 4 saturated carbocycles. The van der Waals surface area contributed by atoms with Gasteiger partial charge in [0, 0.05) is 5.54 Å². The molecule has 4 fully saturated rings. The second kappa shape index (κ2) is 7.80. The Morgan fingerprint density at radius 3 is 2.38 bits per heavy atom. The molecule has 4 aliphatic carbocycles. The van der Waals surface area contributed by atoms with Gasteiger partial charge in [-0.3, -0.25) is 0 Å². The van der Waals surface area contributed by atoms with Crippen molar-refractivity contribution in [1.29, 1.82) is 0 Å². The molecule has 4 rings (SSSR count). The van der Waals surface area contributed by atoms with E-state index in [-0.39, 0.29) is 17.1 Å². The van der Waals surface area contributed by atoms with Gasteiger partial charge >= 0.3 is 0 Å². The van der Waals surface area contributed by atoms with Crippen molar-refractivity contribution in [3.05, 3.63) is 0 Å². The predicted octanol–water partition coefficient (Wildman–Crippen LogP) is 6.55. The molecule has 0 aromatic heterocycles. The third kappa shape index (κ3) is 3.53. The topological polar surface area (TPSA) is 46.2 Å². The summed E-state index contributed by atoms with van der Waals surface area (Å²) >= 11 is 0. The van der Waals surface area contributed by atoms with E-state index in [1.807, 2.05) is 0 Å². The van der Waals surface area contributed by atoms with Crippen LogP contribution in [0.15, 0.2) is 0 Å². The quantitative estimate of drug-likeness (QED) is 0.546. The highest BCUT2D eigenvalue weighted by molar-refractivity contribution is 5.16. The summed E-state index contributed by atoms with van der Waals surface area (Å²) in [6.07, 6.45) is 15.2. The first kappa shape index (κ1) is 22.1. The van der Waals surface area contributed by atoms with Crippen LogP contribution in [-0.4, -0.2) is 16.7 Å². The van der Waals surface area contributed by atoms with Crippen LogP contribution in [0.25, 0.3) is 0 Å². The highest BCUT2D eigenvalue weighted by Gasteiger charge is 2.63. The van der Waals surface area contributed by atoms with Crippen LogP contribution in [0.4, 0.5) is 0 Å². The Hall–Kier alpha value is -0.0800. The molecule has 3 N–H and O–H groups in total. The monoisotopic (exact) mass is 403 g/mol. The average Bonchev–Trinajstić information content (AvgIpc) is 2.99. The Kier molecular flexibility index (Phi) is 5.95. The van der Waals surface area contributed by atoms with Crippen molar-refractivity contribution in [3.63, 3.8) is 0 Å². The van der Waals surface area contributed by atoms with Crippen LogP contribution in [0.1, 0.15) is 112 Å². The molecule has 2 unspecified atom stereocenters. The molecule has 0 aromatic rings. The van der Waals surface area contributed by atoms with E-state index in [1.165, 1.54) is 51.4 Å². The number of aliphatic hydroxyl groups is 1. The van der Waals surface area contributed by atoms with Crippen LogP contribution in [0, 0.1) is 46.3 Å². The molecule has 0 bridgehead atoms. The van der Waals surface area contributed by atoms with E-state index in [0.29, 0.717) is 5.41 Å². The molecule has 0 radical (unpaired) electrons. The van der Waals surface area contributed by atoms with E-state index in [4.69, 9.17) is 5.73 Å². The van der Waals surface area contributed by atoms with Crippen molar-refractivity contribution < 1.29 is 5.11 Å². The number of fused-ring (bicyclic) bond motifs is 5. The summed E-state index contributed by atoms with van der Waals surface area (Å²) in [5.74, 6) is 5.27. The van der Waals surface area contributed by atoms with Crippen LogP contribution in [0.2, 0.25) is 0 Å². The first-order valence-electron chi connectivity index (χ1n) is 13.1. The highest BCUT2D eigenvalue weighted by atomic mass is 16.3. The normalized spacial score (nSPS) is 50.7. The Morgan fingerprint density at radius 1 is 0.897 bits per heavy atom. The molecule has 4 aliphatic rings. The van der Waals surface area contributed by atoms with Crippen molar-refractivity contribution >= 4 is 0 Å². The molecule has 2 heteroatoms. The van der Waals surface area contributed by atoms with Gasteiger partial charge in [-0.15, -0.1) is 0 Å². The molecule has 2 nitrogen and oxygen atoms in total. The predicted molar refractivity (Wildman–Crippen MR) is 123 cm³/mol. The lowest BCUT2D eigenvalue weighted by atomic mass is 9.42. The summed E-state index contributed by atoms with van der Waals surface area (Å²) in [6.45, 7) is 12.5. The summed E-state index contributed by atoms with van der Waals surface area (Å²) in [4.78, 5) is 0. The van der Waals surface area contributed by atoms with Gasteiger partial charge in [0.25, 0.3) is 0 Å². The zero-order valence-corrected chi connectivity index (χ0v) is 20.1. The Balaban J connectivity index is 1.49. The summed E-state index contributed by atoms with van der Waals surface area (Å²) in [7, 11) is 0. The minimum atomic E-state index is -0.166. The third-order valence-electron chi connectivity index (χ3n) is 11.1. The molecule has 0 aromatic carbocycles. The fourth-order valence-corrected chi connectivity index (χ4v) is 9.34. The van der Waals surface area contributed by atoms with Gasteiger partial charge in [-0.1, -0.05) is 53.9 Å². The second-order valence-electron chi connectivity index (χ2n) is 12.9. The van der Waals surface area contributed by atoms with Crippen LogP contribution in [0.5, 0.6) is 0 Å². The lowest BCUT2D eigenvalue weighted by Gasteiger charge is -2.65. The van der Waals surface area contributed by atoms with Crippen molar-refractivity contribution in [2.24, 2.45) is 52.1 Å². The Morgan fingerprint density at radius 2 is 1.66 bits per heavy atom. The molecular weight excluding hydrogens is 354 g/mol. The van der Waals surface area contributed by atoms with E-state index in [1.54, 1.807) is 0 Å². The van der Waals surface area contributed by atoms with Crippen molar-refractivity contribution in [2.75, 3.05) is 0 Å². The molecule has 0 heterocycles. The highest BCUT2D eigenvalue weighted by Crippen LogP contribution is 2.68. The Labute approximate surface area is 180 Å². The fourth-order valence-electron chi connectivity index (χ4n) is 9.34. The van der Waals surface area contributed by atoms with Crippen molar-refractivity contribution in [1.82, 2.24) is 0 Å². The zero-order valence-electron chi connectivity index (χ0n) is 20.1. The van der Waals surface area contributed by atoms with Crippen LogP contribution >= 0.6 is 0 Å². The number of rotatable bonds is 5. The molecular formula is C27H49NO. The summed E-state index contributed by atoms with van der Waals surface area (Å²) in [6, 6.07) is 0. The largest absolute Gasteiger partial charge is 0.393 e. The average molecular weight is 404 g/mol. The van der Waals surface area contributed by atoms with Gasteiger partial charge in [-0.2, -0.15) is 0 Å². The van der Waals surface area contributed by atoms with Crippen LogP contribution in [0.3, 0.4) is 0 Å². The van der Waals surface area contributed by atoms with Crippen LogP contribution in [-0.2, 0) is 0 Å². The molecule has 0 aliphatic heterocycles. The van der Waals surface area contributed by atoms with Gasteiger partial charge in [-0.25, -0.2) is 0 Å². The van der Waals surface area contributed by atoms with E-state index in [2.05, 4.69) is 34.6 Å². The molecule has 0 saturated heterocycles. The first-order chi connectivity index (χ1) is 13.6. The van der Waals surface area contributed by atoms with Gasteiger partial charge in [0.15, 0.2) is 0 Å². The van der Waals surface area contributed by atoms with E-state index in [0.717, 1.165) is 61.2 Å². The zero-order chi connectivity index (χ0) is 21.0. The minimum absolute atomic E-state index is 0.123. The smallest absolute Gasteiger partial charge is 0.0558 e. The summed E-state index contributed by atoms with van der Waals surface area (Å²) in [5.41, 5.74) is 7.75. The van der Waals surface area contributed by atoms with E-state index >= 15 is 0 Å². The lowest BCUT2D eigenvalue weighted by Crippen LogP contribution is -2.67. The van der Waals surface area contributed by atoms with E-state index in [9.17, 15) is 5.11 Å². The second-order valence-corrected chi connectivity index (χ2v) is 12.9. The molecule has 9 atom stereocenters. The minimum Gasteiger partial charge on any atom is -0.393 e. The van der Waals surface area contributed by atoms with Gasteiger partial charge in [0.2, 0.25) is 0 Å². The maximum Gasteiger partial charge on any atom is 0.0558 e. The van der Waals surface area contributed by atoms with Crippen molar-refractivity contribution in [3.8, 4) is 0 Å². The molecule has 0 amide bonds. The summed E-state index contributed by atoms with van der Waals surface area (Å²) < 4.78 is 0. The van der Waals surface area contributed by atoms with Crippen LogP contribution < -0.4 is 5.73 Å². The lowest BCUT2D eigenvalue weighted by molar-refractivity contribution is -0.140.